The minimum Gasteiger partial charge on any atom is -0.378 e. The molecular formula is C22H21Cl2N9O2. The van der Waals surface area contributed by atoms with Crippen LogP contribution in [-0.4, -0.2) is 42.9 Å². The number of nitrogens with one attached hydrogen (secondary N) is 3. The van der Waals surface area contributed by atoms with Gasteiger partial charge >= 0.3 is 5.69 Å². The first kappa shape index (κ1) is 24.2. The molecule has 0 aliphatic rings. The van der Waals surface area contributed by atoms with Crippen molar-refractivity contribution in [3.8, 4) is 22.5 Å². The summed E-state index contributed by atoms with van der Waals surface area (Å²) < 4.78 is 0. The van der Waals surface area contributed by atoms with Crippen LogP contribution in [0, 0.1) is 24.0 Å². The van der Waals surface area contributed by atoms with E-state index in [1.54, 1.807) is 24.4 Å². The summed E-state index contributed by atoms with van der Waals surface area (Å²) >= 11 is 12.6. The minimum atomic E-state index is -0.578. The van der Waals surface area contributed by atoms with Gasteiger partial charge in [0.05, 0.1) is 21.3 Å². The van der Waals surface area contributed by atoms with Gasteiger partial charge < -0.3 is 21.4 Å². The summed E-state index contributed by atoms with van der Waals surface area (Å²) in [5.74, 6) is 1.43. The van der Waals surface area contributed by atoms with Crippen molar-refractivity contribution in [2.45, 2.75) is 13.8 Å². The molecule has 0 saturated heterocycles. The molecular weight excluding hydrogens is 493 g/mol. The number of hydrogen-bond donors (Lipinski definition) is 4. The van der Waals surface area contributed by atoms with Crippen LogP contribution in [0.15, 0.2) is 36.5 Å². The molecule has 0 aliphatic carbocycles. The first-order valence-corrected chi connectivity index (χ1v) is 11.2. The van der Waals surface area contributed by atoms with Gasteiger partial charge in [0.1, 0.15) is 11.6 Å². The molecule has 0 fully saturated rings. The fourth-order valence-electron chi connectivity index (χ4n) is 3.48. The van der Waals surface area contributed by atoms with Crippen LogP contribution in [-0.2, 0) is 0 Å². The monoisotopic (exact) mass is 513 g/mol. The second-order valence-corrected chi connectivity index (χ2v) is 8.43. The number of aryl methyl sites for hydroxylation is 2. The van der Waals surface area contributed by atoms with Gasteiger partial charge in [-0.15, -0.1) is 0 Å². The van der Waals surface area contributed by atoms with E-state index in [0.29, 0.717) is 46.2 Å². The van der Waals surface area contributed by atoms with Crippen LogP contribution in [0.2, 0.25) is 10.0 Å². The second kappa shape index (κ2) is 10.1. The van der Waals surface area contributed by atoms with Gasteiger partial charge in [-0.3, -0.25) is 10.1 Å². The normalized spacial score (nSPS) is 10.9. The summed E-state index contributed by atoms with van der Waals surface area (Å²) in [6.07, 6.45) is 1.70. The maximum absolute atomic E-state index is 10.9. The number of H-pyrrole nitrogens is 1. The standard InChI is InChI=1S/C22H21Cl2N9O2/c1-11-19(30-12(2)29-11)15-10-28-22(32-20(15)14-4-3-13(23)9-16(14)24)27-8-7-26-18-6-5-17(33(34)35)21(25)31-18/h3-6,9-10H,7-8H2,1-2H3,(H,29,30)(H3,25,26,31)(H,27,28,32). The number of nitrogens with zero attached hydrogens (tertiary/aromatic N) is 5. The fourth-order valence-corrected chi connectivity index (χ4v) is 3.98. The van der Waals surface area contributed by atoms with Gasteiger partial charge in [0.15, 0.2) is 0 Å². The number of rotatable bonds is 8. The zero-order valence-electron chi connectivity index (χ0n) is 18.8. The third-order valence-corrected chi connectivity index (χ3v) is 5.59. The Morgan fingerprint density at radius 3 is 2.46 bits per heavy atom. The lowest BCUT2D eigenvalue weighted by atomic mass is 10.0. The third-order valence-electron chi connectivity index (χ3n) is 5.05. The average Bonchev–Trinajstić information content (AvgIpc) is 3.14. The lowest BCUT2D eigenvalue weighted by Gasteiger charge is -2.13. The van der Waals surface area contributed by atoms with E-state index in [1.807, 2.05) is 13.8 Å². The number of pyridine rings is 1. The molecule has 0 bridgehead atoms. The number of halogens is 2. The van der Waals surface area contributed by atoms with Crippen LogP contribution in [0.5, 0.6) is 0 Å². The fraction of sp³-hybridized carbons (Fsp3) is 0.182. The zero-order valence-corrected chi connectivity index (χ0v) is 20.3. The predicted octanol–water partition coefficient (Wildman–Crippen LogP) is 4.87. The van der Waals surface area contributed by atoms with Crippen molar-refractivity contribution in [3.63, 3.8) is 0 Å². The molecule has 0 radical (unpaired) electrons. The van der Waals surface area contributed by atoms with Crippen molar-refractivity contribution < 1.29 is 4.92 Å². The molecule has 180 valence electrons. The Morgan fingerprint density at radius 2 is 1.80 bits per heavy atom. The Hall–Kier alpha value is -3.96. The Morgan fingerprint density at radius 1 is 1.03 bits per heavy atom. The number of nitrogens with two attached hydrogens (primary N) is 1. The van der Waals surface area contributed by atoms with E-state index in [1.165, 1.54) is 12.1 Å². The van der Waals surface area contributed by atoms with Crippen molar-refractivity contribution >= 4 is 46.5 Å². The highest BCUT2D eigenvalue weighted by molar-refractivity contribution is 6.36. The summed E-state index contributed by atoms with van der Waals surface area (Å²) in [6, 6.07) is 8.01. The number of nitrogen functional groups attached to an aromatic ring is 1. The minimum absolute atomic E-state index is 0.153. The van der Waals surface area contributed by atoms with Gasteiger partial charge in [0.25, 0.3) is 0 Å². The molecule has 0 saturated carbocycles. The van der Waals surface area contributed by atoms with Crippen molar-refractivity contribution in [1.29, 1.82) is 0 Å². The summed E-state index contributed by atoms with van der Waals surface area (Å²) in [7, 11) is 0. The van der Waals surface area contributed by atoms with Gasteiger partial charge in [-0.05, 0) is 38.1 Å². The Balaban J connectivity index is 1.54. The number of nitro groups is 1. The number of aromatic nitrogens is 5. The molecule has 5 N–H and O–H groups in total. The zero-order chi connectivity index (χ0) is 25.1. The Bertz CT molecular complexity index is 1410. The summed E-state index contributed by atoms with van der Waals surface area (Å²) in [6.45, 7) is 4.68. The third kappa shape index (κ3) is 5.42. The molecule has 0 atom stereocenters. The molecule has 4 rings (SSSR count). The SMILES string of the molecule is Cc1nc(-c2cnc(NCCNc3ccc([N+](=O)[O-])c(N)n3)nc2-c2ccc(Cl)cc2Cl)c(C)[nH]1. The van der Waals surface area contributed by atoms with Gasteiger partial charge in [0, 0.05) is 47.2 Å². The second-order valence-electron chi connectivity index (χ2n) is 7.59. The molecule has 3 aromatic heterocycles. The van der Waals surface area contributed by atoms with Crippen LogP contribution in [0.25, 0.3) is 22.5 Å². The number of hydrogen-bond acceptors (Lipinski definition) is 9. The first-order chi connectivity index (χ1) is 16.7. The van der Waals surface area contributed by atoms with E-state index in [-0.39, 0.29) is 11.5 Å². The summed E-state index contributed by atoms with van der Waals surface area (Å²) in [4.78, 5) is 31.2. The Kier molecular flexibility index (Phi) is 6.99. The van der Waals surface area contributed by atoms with Gasteiger partial charge in [0.2, 0.25) is 11.8 Å². The van der Waals surface area contributed by atoms with Crippen LogP contribution in [0.3, 0.4) is 0 Å². The number of imidazole rings is 1. The molecule has 0 aliphatic heterocycles. The van der Waals surface area contributed by atoms with E-state index in [9.17, 15) is 10.1 Å². The van der Waals surface area contributed by atoms with Crippen LogP contribution in [0.4, 0.5) is 23.3 Å². The topological polar surface area (TPSA) is 161 Å². The highest BCUT2D eigenvalue weighted by atomic mass is 35.5. The highest BCUT2D eigenvalue weighted by Gasteiger charge is 2.18. The molecule has 3 heterocycles. The highest BCUT2D eigenvalue weighted by Crippen LogP contribution is 2.36. The van der Waals surface area contributed by atoms with Gasteiger partial charge in [-0.2, -0.15) is 0 Å². The number of anilines is 3. The molecule has 0 spiro atoms. The predicted molar refractivity (Wildman–Crippen MR) is 137 cm³/mol. The quantitative estimate of drug-likeness (QED) is 0.146. The number of aromatic amines is 1. The van der Waals surface area contributed by atoms with E-state index in [4.69, 9.17) is 33.9 Å². The Labute approximate surface area is 210 Å². The van der Waals surface area contributed by atoms with Crippen LogP contribution >= 0.6 is 23.2 Å². The lowest BCUT2D eigenvalue weighted by Crippen LogP contribution is -2.16. The van der Waals surface area contributed by atoms with Gasteiger partial charge in [-0.1, -0.05) is 23.2 Å². The van der Waals surface area contributed by atoms with Gasteiger partial charge in [-0.25, -0.2) is 19.9 Å². The molecule has 0 amide bonds. The average molecular weight is 514 g/mol. The van der Waals surface area contributed by atoms with Crippen molar-refractivity contribution in [2.24, 2.45) is 0 Å². The molecule has 0 unspecified atom stereocenters. The van der Waals surface area contributed by atoms with E-state index in [2.05, 4.69) is 30.6 Å². The lowest BCUT2D eigenvalue weighted by molar-refractivity contribution is -0.384. The van der Waals surface area contributed by atoms with Crippen molar-refractivity contribution in [1.82, 2.24) is 24.9 Å². The first-order valence-electron chi connectivity index (χ1n) is 10.5. The van der Waals surface area contributed by atoms with E-state index in [0.717, 1.165) is 22.8 Å². The maximum Gasteiger partial charge on any atom is 0.311 e. The number of benzene rings is 1. The maximum atomic E-state index is 10.9. The molecule has 35 heavy (non-hydrogen) atoms. The van der Waals surface area contributed by atoms with Crippen molar-refractivity contribution in [3.05, 3.63) is 68.2 Å². The smallest absolute Gasteiger partial charge is 0.311 e. The van der Waals surface area contributed by atoms with Crippen LogP contribution < -0.4 is 16.4 Å². The summed E-state index contributed by atoms with van der Waals surface area (Å²) in [5.41, 5.74) is 9.04. The van der Waals surface area contributed by atoms with E-state index < -0.39 is 4.92 Å². The molecule has 1 aromatic carbocycles. The molecule has 11 nitrogen and oxygen atoms in total. The van der Waals surface area contributed by atoms with Crippen molar-refractivity contribution in [2.75, 3.05) is 29.5 Å². The van der Waals surface area contributed by atoms with E-state index >= 15 is 0 Å². The summed E-state index contributed by atoms with van der Waals surface area (Å²) in [5, 5.41) is 18.0. The molecule has 4 aromatic rings. The largest absolute Gasteiger partial charge is 0.378 e. The molecule has 13 heteroatoms. The van der Waals surface area contributed by atoms with Crippen LogP contribution in [0.1, 0.15) is 11.5 Å².